The number of sulfonamides is 1. The van der Waals surface area contributed by atoms with Crippen molar-refractivity contribution in [1.82, 2.24) is 4.31 Å². The lowest BCUT2D eigenvalue weighted by molar-refractivity contribution is -0.917. The first-order valence-corrected chi connectivity index (χ1v) is 10.4. The van der Waals surface area contributed by atoms with Gasteiger partial charge in [0.05, 0.1) is 31.1 Å². The molecule has 27 heavy (non-hydrogen) atoms. The first kappa shape index (κ1) is 18.2. The first-order chi connectivity index (χ1) is 12.9. The van der Waals surface area contributed by atoms with Crippen molar-refractivity contribution >= 4 is 10.0 Å². The van der Waals surface area contributed by atoms with Crippen LogP contribution in [0.25, 0.3) is 0 Å². The number of hydrogen-bond donors (Lipinski definition) is 1. The lowest BCUT2D eigenvalue weighted by atomic mass is 10.2. The van der Waals surface area contributed by atoms with E-state index >= 15 is 0 Å². The van der Waals surface area contributed by atoms with Gasteiger partial charge in [-0.2, -0.15) is 4.31 Å². The molecule has 2 aliphatic heterocycles. The van der Waals surface area contributed by atoms with Gasteiger partial charge in [0.1, 0.15) is 12.4 Å². The van der Waals surface area contributed by atoms with Crippen LogP contribution in [0.2, 0.25) is 0 Å². The number of aryl methyl sites for hydroxylation is 1. The summed E-state index contributed by atoms with van der Waals surface area (Å²) in [5.41, 5.74) is 1.47. The van der Waals surface area contributed by atoms with Crippen LogP contribution in [0, 0.1) is 12.7 Å². The molecule has 8 heteroatoms. The van der Waals surface area contributed by atoms with E-state index < -0.39 is 15.8 Å². The Labute approximate surface area is 158 Å². The van der Waals surface area contributed by atoms with Crippen molar-refractivity contribution in [2.75, 3.05) is 33.0 Å². The van der Waals surface area contributed by atoms with Gasteiger partial charge in [-0.15, -0.1) is 0 Å². The van der Waals surface area contributed by atoms with E-state index in [2.05, 4.69) is 0 Å². The Bertz CT molecular complexity index is 956. The van der Waals surface area contributed by atoms with Gasteiger partial charge in [-0.3, -0.25) is 0 Å². The van der Waals surface area contributed by atoms with E-state index in [0.29, 0.717) is 31.7 Å². The van der Waals surface area contributed by atoms with Crippen LogP contribution in [0.4, 0.5) is 4.39 Å². The topological polar surface area (TPSA) is 60.3 Å². The summed E-state index contributed by atoms with van der Waals surface area (Å²) in [5, 5.41) is 0. The van der Waals surface area contributed by atoms with Crippen LogP contribution in [0.5, 0.6) is 11.5 Å². The van der Waals surface area contributed by atoms with Crippen molar-refractivity contribution in [3.63, 3.8) is 0 Å². The molecule has 4 rings (SSSR count). The van der Waals surface area contributed by atoms with Gasteiger partial charge in [-0.1, -0.05) is 0 Å². The molecule has 6 nitrogen and oxygen atoms in total. The summed E-state index contributed by atoms with van der Waals surface area (Å²) >= 11 is 0. The molecule has 0 saturated carbocycles. The number of nitrogens with one attached hydrogen (secondary N) is 1. The zero-order valence-electron chi connectivity index (χ0n) is 15.1. The van der Waals surface area contributed by atoms with Crippen LogP contribution in [-0.4, -0.2) is 45.7 Å². The van der Waals surface area contributed by atoms with E-state index in [-0.39, 0.29) is 11.7 Å². The molecule has 0 atom stereocenters. The molecule has 0 spiro atoms. The number of halogens is 1. The molecule has 2 aromatic carbocycles. The fourth-order valence-electron chi connectivity index (χ4n) is 3.49. The maximum atomic E-state index is 13.4. The highest BCUT2D eigenvalue weighted by Crippen LogP contribution is 2.32. The van der Waals surface area contributed by atoms with Crippen molar-refractivity contribution < 1.29 is 27.2 Å². The Morgan fingerprint density at radius 1 is 1.07 bits per heavy atom. The Morgan fingerprint density at radius 3 is 2.56 bits per heavy atom. The average molecular weight is 393 g/mol. The summed E-state index contributed by atoms with van der Waals surface area (Å²) in [6.07, 6.45) is 0. The molecule has 144 valence electrons. The fourth-order valence-corrected chi connectivity index (χ4v) is 5.01. The second-order valence-corrected chi connectivity index (χ2v) is 8.87. The van der Waals surface area contributed by atoms with Gasteiger partial charge in [-0.05, 0) is 48.9 Å². The van der Waals surface area contributed by atoms with Gasteiger partial charge in [-0.25, -0.2) is 12.8 Å². The molecule has 1 saturated heterocycles. The molecule has 1 fully saturated rings. The predicted molar refractivity (Wildman–Crippen MR) is 96.9 cm³/mol. The number of ether oxygens (including phenoxy) is 2. The van der Waals surface area contributed by atoms with Gasteiger partial charge in [0.25, 0.3) is 0 Å². The highest BCUT2D eigenvalue weighted by atomic mass is 32.2. The summed E-state index contributed by atoms with van der Waals surface area (Å²) in [5.74, 6) is 1.13. The van der Waals surface area contributed by atoms with E-state index in [1.54, 1.807) is 6.92 Å². The third-order valence-electron chi connectivity index (χ3n) is 5.09. The molecular formula is C19H22FN2O4S+. The quantitative estimate of drug-likeness (QED) is 0.841. The van der Waals surface area contributed by atoms with E-state index in [1.807, 2.05) is 18.2 Å². The maximum absolute atomic E-state index is 13.4. The second kappa shape index (κ2) is 7.10. The summed E-state index contributed by atoms with van der Waals surface area (Å²) in [7, 11) is -3.59. The van der Waals surface area contributed by atoms with Crippen molar-refractivity contribution in [3.8, 4) is 11.5 Å². The third-order valence-corrected chi connectivity index (χ3v) is 6.98. The number of hydrogen-bond acceptors (Lipinski definition) is 4. The molecule has 2 aliphatic rings. The predicted octanol–water partition coefficient (Wildman–Crippen LogP) is 0.952. The fraction of sp³-hybridized carbons (Fsp3) is 0.368. The SMILES string of the molecule is Cc1cc(S(=O)(=O)N2CC[NH+](Cc3ccc4c(c3)OCO4)CC2)ccc1F. The molecule has 0 aliphatic carbocycles. The monoisotopic (exact) mass is 393 g/mol. The van der Waals surface area contributed by atoms with Crippen LogP contribution in [0.15, 0.2) is 41.3 Å². The van der Waals surface area contributed by atoms with Crippen LogP contribution in [0.3, 0.4) is 0 Å². The van der Waals surface area contributed by atoms with E-state index in [9.17, 15) is 12.8 Å². The molecule has 2 heterocycles. The van der Waals surface area contributed by atoms with Gasteiger partial charge in [0.2, 0.25) is 16.8 Å². The lowest BCUT2D eigenvalue weighted by Gasteiger charge is -2.31. The molecule has 0 radical (unpaired) electrons. The molecule has 0 bridgehead atoms. The normalized spacial score (nSPS) is 18.0. The summed E-state index contributed by atoms with van der Waals surface area (Å²) in [4.78, 5) is 1.47. The largest absolute Gasteiger partial charge is 0.454 e. The van der Waals surface area contributed by atoms with Crippen molar-refractivity contribution in [3.05, 3.63) is 53.3 Å². The lowest BCUT2D eigenvalue weighted by Crippen LogP contribution is -3.13. The third kappa shape index (κ3) is 3.65. The molecule has 0 aromatic heterocycles. The van der Waals surface area contributed by atoms with Crippen molar-refractivity contribution in [2.24, 2.45) is 0 Å². The number of piperazine rings is 1. The Balaban J connectivity index is 1.40. The first-order valence-electron chi connectivity index (χ1n) is 8.92. The van der Waals surface area contributed by atoms with Gasteiger partial charge in [0.15, 0.2) is 11.5 Å². The van der Waals surface area contributed by atoms with Crippen LogP contribution < -0.4 is 14.4 Å². The number of fused-ring (bicyclic) bond motifs is 1. The zero-order chi connectivity index (χ0) is 19.0. The molecule has 0 unspecified atom stereocenters. The highest BCUT2D eigenvalue weighted by molar-refractivity contribution is 7.89. The number of rotatable bonds is 4. The summed E-state index contributed by atoms with van der Waals surface area (Å²) in [6.45, 7) is 4.95. The standard InChI is InChI=1S/C19H21FN2O4S/c1-14-10-16(3-4-17(14)20)27(23,24)22-8-6-21(7-9-22)12-15-2-5-18-19(11-15)26-13-25-18/h2-5,10-11H,6-9,12-13H2,1H3/p+1. The molecule has 0 amide bonds. The average Bonchev–Trinajstić information content (AvgIpc) is 3.12. The van der Waals surface area contributed by atoms with Crippen molar-refractivity contribution in [1.29, 1.82) is 0 Å². The minimum atomic E-state index is -3.59. The second-order valence-electron chi connectivity index (χ2n) is 6.93. The van der Waals surface area contributed by atoms with E-state index in [4.69, 9.17) is 9.47 Å². The smallest absolute Gasteiger partial charge is 0.243 e. The van der Waals surface area contributed by atoms with E-state index in [1.165, 1.54) is 27.4 Å². The summed E-state index contributed by atoms with van der Waals surface area (Å²) in [6, 6.07) is 9.86. The Hall–Kier alpha value is -2.16. The van der Waals surface area contributed by atoms with Gasteiger partial charge >= 0.3 is 0 Å². The number of nitrogens with zero attached hydrogens (tertiary/aromatic N) is 1. The zero-order valence-corrected chi connectivity index (χ0v) is 15.9. The van der Waals surface area contributed by atoms with Crippen molar-refractivity contribution in [2.45, 2.75) is 18.4 Å². The van der Waals surface area contributed by atoms with Gasteiger partial charge < -0.3 is 14.4 Å². The minimum Gasteiger partial charge on any atom is -0.454 e. The molecule has 1 N–H and O–H groups in total. The minimum absolute atomic E-state index is 0.153. The number of benzene rings is 2. The Kier molecular flexibility index (Phi) is 4.79. The highest BCUT2D eigenvalue weighted by Gasteiger charge is 2.31. The van der Waals surface area contributed by atoms with Gasteiger partial charge in [0, 0.05) is 5.56 Å². The molecule has 2 aromatic rings. The summed E-state index contributed by atoms with van der Waals surface area (Å²) < 4.78 is 51.3. The Morgan fingerprint density at radius 2 is 1.81 bits per heavy atom. The van der Waals surface area contributed by atoms with E-state index in [0.717, 1.165) is 23.6 Å². The van der Waals surface area contributed by atoms with Crippen LogP contribution >= 0.6 is 0 Å². The number of quaternary nitrogens is 1. The maximum Gasteiger partial charge on any atom is 0.243 e. The van der Waals surface area contributed by atoms with Crippen LogP contribution in [0.1, 0.15) is 11.1 Å². The van der Waals surface area contributed by atoms with Crippen LogP contribution in [-0.2, 0) is 16.6 Å². The molecular weight excluding hydrogens is 371 g/mol.